The monoisotopic (exact) mass is 317 g/mol. The number of hydrogen-bond donors (Lipinski definition) is 2. The molecule has 1 aromatic carbocycles. The van der Waals surface area contributed by atoms with Crippen LogP contribution in [0.3, 0.4) is 0 Å². The molecule has 118 valence electrons. The minimum absolute atomic E-state index is 0.0107. The predicted octanol–water partition coefficient (Wildman–Crippen LogP) is 1.81. The zero-order valence-electron chi connectivity index (χ0n) is 11.9. The lowest BCUT2D eigenvalue weighted by Gasteiger charge is -2.36. The lowest BCUT2D eigenvalue weighted by molar-refractivity contribution is 0.142. The van der Waals surface area contributed by atoms with Crippen LogP contribution in [0.25, 0.3) is 0 Å². The van der Waals surface area contributed by atoms with Crippen LogP contribution in [-0.2, 0) is 10.0 Å². The average molecular weight is 317 g/mol. The smallest absolute Gasteiger partial charge is 0.241 e. The highest BCUT2D eigenvalue weighted by molar-refractivity contribution is 7.89. The molecule has 0 heterocycles. The predicted molar refractivity (Wildman–Crippen MR) is 76.2 cm³/mol. The van der Waals surface area contributed by atoms with E-state index in [-0.39, 0.29) is 17.3 Å². The Bertz CT molecular complexity index is 597. The fraction of sp³-hybridized carbons (Fsp3) is 0.571. The molecule has 0 atom stereocenters. The van der Waals surface area contributed by atoms with Crippen LogP contribution in [0.15, 0.2) is 23.1 Å². The molecule has 1 saturated carbocycles. The van der Waals surface area contributed by atoms with Crippen molar-refractivity contribution in [3.63, 3.8) is 0 Å². The van der Waals surface area contributed by atoms with Gasteiger partial charge in [-0.3, -0.25) is 0 Å². The van der Waals surface area contributed by atoms with Crippen molar-refractivity contribution in [3.8, 4) is 5.75 Å². The number of nitrogens with one attached hydrogen (secondary N) is 1. The molecular formula is C14H20FNO4S. The SMILES string of the molecule is COc1ccc(S(=O)(=O)NC2(CO)CCCCC2)cc1F. The summed E-state index contributed by atoms with van der Waals surface area (Å²) in [6.45, 7) is -0.259. The van der Waals surface area contributed by atoms with Crippen molar-refractivity contribution >= 4 is 10.0 Å². The topological polar surface area (TPSA) is 75.6 Å². The summed E-state index contributed by atoms with van der Waals surface area (Å²) in [5, 5.41) is 9.57. The Morgan fingerprint density at radius 2 is 2.00 bits per heavy atom. The van der Waals surface area contributed by atoms with Gasteiger partial charge < -0.3 is 9.84 Å². The Kier molecular flexibility index (Phi) is 4.85. The van der Waals surface area contributed by atoms with E-state index in [1.54, 1.807) is 0 Å². The molecule has 1 aromatic rings. The van der Waals surface area contributed by atoms with Crippen LogP contribution < -0.4 is 9.46 Å². The van der Waals surface area contributed by atoms with Crippen molar-refractivity contribution in [2.75, 3.05) is 13.7 Å². The maximum Gasteiger partial charge on any atom is 0.241 e. The Hall–Kier alpha value is -1.18. The van der Waals surface area contributed by atoms with E-state index >= 15 is 0 Å². The van der Waals surface area contributed by atoms with Gasteiger partial charge in [0.05, 0.1) is 24.2 Å². The lowest BCUT2D eigenvalue weighted by atomic mass is 9.83. The Morgan fingerprint density at radius 1 is 1.33 bits per heavy atom. The molecule has 2 rings (SSSR count). The Morgan fingerprint density at radius 3 is 2.52 bits per heavy atom. The molecule has 2 N–H and O–H groups in total. The van der Waals surface area contributed by atoms with Crippen LogP contribution in [-0.4, -0.2) is 32.8 Å². The van der Waals surface area contributed by atoms with E-state index in [2.05, 4.69) is 4.72 Å². The van der Waals surface area contributed by atoms with Crippen LogP contribution in [0.5, 0.6) is 5.75 Å². The fourth-order valence-electron chi connectivity index (χ4n) is 2.68. The third kappa shape index (κ3) is 3.53. The summed E-state index contributed by atoms with van der Waals surface area (Å²) in [5.41, 5.74) is -0.840. The Balaban J connectivity index is 2.27. The zero-order valence-corrected chi connectivity index (χ0v) is 12.7. The number of aliphatic hydroxyl groups excluding tert-OH is 1. The molecule has 1 fully saturated rings. The zero-order chi connectivity index (χ0) is 15.5. The number of hydrogen-bond acceptors (Lipinski definition) is 4. The average Bonchev–Trinajstić information content (AvgIpc) is 2.47. The maximum atomic E-state index is 13.7. The molecule has 21 heavy (non-hydrogen) atoms. The standard InChI is InChI=1S/C14H20FNO4S/c1-20-13-6-5-11(9-12(13)15)21(18,19)16-14(10-17)7-3-2-4-8-14/h5-6,9,16-17H,2-4,7-8,10H2,1H3. The van der Waals surface area contributed by atoms with Gasteiger partial charge in [-0.1, -0.05) is 19.3 Å². The number of sulfonamides is 1. The lowest BCUT2D eigenvalue weighted by Crippen LogP contribution is -2.52. The van der Waals surface area contributed by atoms with E-state index < -0.39 is 21.4 Å². The molecule has 0 radical (unpaired) electrons. The second-order valence-corrected chi connectivity index (χ2v) is 7.08. The van der Waals surface area contributed by atoms with Crippen LogP contribution in [0.2, 0.25) is 0 Å². The first kappa shape index (κ1) is 16.2. The van der Waals surface area contributed by atoms with Crippen molar-refractivity contribution < 1.29 is 22.7 Å². The molecule has 1 aliphatic rings. The van der Waals surface area contributed by atoms with Crippen LogP contribution in [0.4, 0.5) is 4.39 Å². The van der Waals surface area contributed by atoms with Crippen LogP contribution in [0, 0.1) is 5.82 Å². The molecule has 0 spiro atoms. The first-order valence-electron chi connectivity index (χ1n) is 6.91. The number of halogens is 1. The number of aliphatic hydroxyl groups is 1. The van der Waals surface area contributed by atoms with Gasteiger partial charge in [0.25, 0.3) is 0 Å². The summed E-state index contributed by atoms with van der Waals surface area (Å²) >= 11 is 0. The van der Waals surface area contributed by atoms with Gasteiger partial charge in [-0.25, -0.2) is 17.5 Å². The third-order valence-corrected chi connectivity index (χ3v) is 5.47. The summed E-state index contributed by atoms with van der Waals surface area (Å²) in [4.78, 5) is -0.167. The minimum atomic E-state index is -3.88. The van der Waals surface area contributed by atoms with Crippen molar-refractivity contribution in [2.45, 2.75) is 42.5 Å². The van der Waals surface area contributed by atoms with E-state index in [1.807, 2.05) is 0 Å². The second kappa shape index (κ2) is 6.29. The molecular weight excluding hydrogens is 297 g/mol. The van der Waals surface area contributed by atoms with Crippen molar-refractivity contribution in [1.29, 1.82) is 0 Å². The Labute approximate surface area is 124 Å². The second-order valence-electron chi connectivity index (χ2n) is 5.40. The summed E-state index contributed by atoms with van der Waals surface area (Å²) < 4.78 is 45.8. The van der Waals surface area contributed by atoms with E-state index in [0.29, 0.717) is 12.8 Å². The van der Waals surface area contributed by atoms with Crippen molar-refractivity contribution in [2.24, 2.45) is 0 Å². The minimum Gasteiger partial charge on any atom is -0.494 e. The molecule has 1 aliphatic carbocycles. The third-order valence-electron chi connectivity index (χ3n) is 3.90. The molecule has 0 aromatic heterocycles. The van der Waals surface area contributed by atoms with E-state index in [4.69, 9.17) is 4.74 Å². The summed E-state index contributed by atoms with van der Waals surface area (Å²) in [5.74, 6) is -0.745. The van der Waals surface area contributed by atoms with Crippen molar-refractivity contribution in [3.05, 3.63) is 24.0 Å². The van der Waals surface area contributed by atoms with Gasteiger partial charge in [-0.05, 0) is 31.0 Å². The maximum absolute atomic E-state index is 13.7. The highest BCUT2D eigenvalue weighted by Gasteiger charge is 2.36. The first-order chi connectivity index (χ1) is 9.92. The van der Waals surface area contributed by atoms with Gasteiger partial charge in [0.2, 0.25) is 10.0 Å². The number of rotatable bonds is 5. The van der Waals surface area contributed by atoms with Crippen LogP contribution >= 0.6 is 0 Å². The summed E-state index contributed by atoms with van der Waals surface area (Å²) in [6.07, 6.45) is 3.92. The largest absolute Gasteiger partial charge is 0.494 e. The molecule has 0 amide bonds. The van der Waals surface area contributed by atoms with Crippen LogP contribution in [0.1, 0.15) is 32.1 Å². The van der Waals surface area contributed by atoms with E-state index in [0.717, 1.165) is 25.3 Å². The first-order valence-corrected chi connectivity index (χ1v) is 8.39. The highest BCUT2D eigenvalue weighted by atomic mass is 32.2. The van der Waals surface area contributed by atoms with Gasteiger partial charge >= 0.3 is 0 Å². The fourth-order valence-corrected chi connectivity index (χ4v) is 4.14. The molecule has 5 nitrogen and oxygen atoms in total. The molecule has 0 saturated heterocycles. The van der Waals surface area contributed by atoms with Gasteiger partial charge in [0.1, 0.15) is 0 Å². The summed E-state index contributed by atoms with van der Waals surface area (Å²) in [7, 11) is -2.57. The quantitative estimate of drug-likeness (QED) is 0.868. The number of benzene rings is 1. The van der Waals surface area contributed by atoms with E-state index in [9.17, 15) is 17.9 Å². The normalized spacial score (nSPS) is 18.4. The number of ether oxygens (including phenoxy) is 1. The number of methoxy groups -OCH3 is 1. The van der Waals surface area contributed by atoms with Gasteiger partial charge in [-0.15, -0.1) is 0 Å². The van der Waals surface area contributed by atoms with Crippen molar-refractivity contribution in [1.82, 2.24) is 4.72 Å². The highest BCUT2D eigenvalue weighted by Crippen LogP contribution is 2.30. The molecule has 0 bridgehead atoms. The molecule has 7 heteroatoms. The summed E-state index contributed by atoms with van der Waals surface area (Å²) in [6, 6.07) is 3.49. The molecule has 0 unspecified atom stereocenters. The van der Waals surface area contributed by atoms with E-state index in [1.165, 1.54) is 19.2 Å². The van der Waals surface area contributed by atoms with Gasteiger partial charge in [0, 0.05) is 0 Å². The molecule has 0 aliphatic heterocycles. The van der Waals surface area contributed by atoms with Gasteiger partial charge in [-0.2, -0.15) is 0 Å². The van der Waals surface area contributed by atoms with Gasteiger partial charge in [0.15, 0.2) is 11.6 Å².